The van der Waals surface area contributed by atoms with Crippen molar-refractivity contribution >= 4 is 11.3 Å². The summed E-state index contributed by atoms with van der Waals surface area (Å²) in [5, 5.41) is 2.22. The lowest BCUT2D eigenvalue weighted by molar-refractivity contribution is 0.185. The minimum absolute atomic E-state index is 0.340. The van der Waals surface area contributed by atoms with Gasteiger partial charge in [0, 0.05) is 30.1 Å². The second kappa shape index (κ2) is 5.30. The van der Waals surface area contributed by atoms with Crippen molar-refractivity contribution in [1.82, 2.24) is 4.90 Å². The first-order chi connectivity index (χ1) is 7.72. The fraction of sp³-hybridized carbons (Fsp3) is 0.692. The van der Waals surface area contributed by atoms with E-state index >= 15 is 0 Å². The summed E-state index contributed by atoms with van der Waals surface area (Å²) in [5.41, 5.74) is 7.66. The van der Waals surface area contributed by atoms with Gasteiger partial charge in [-0.25, -0.2) is 0 Å². The van der Waals surface area contributed by atoms with Crippen molar-refractivity contribution in [1.29, 1.82) is 0 Å². The van der Waals surface area contributed by atoms with Crippen molar-refractivity contribution in [3.63, 3.8) is 0 Å². The molecule has 0 saturated heterocycles. The Balaban J connectivity index is 1.99. The molecule has 90 valence electrons. The Labute approximate surface area is 102 Å². The maximum atomic E-state index is 6.13. The maximum Gasteiger partial charge on any atom is 0.0331 e. The Morgan fingerprint density at radius 1 is 1.62 bits per heavy atom. The van der Waals surface area contributed by atoms with Crippen molar-refractivity contribution < 1.29 is 0 Å². The molecule has 0 radical (unpaired) electrons. The first-order valence-corrected chi connectivity index (χ1v) is 7.16. The highest BCUT2D eigenvalue weighted by molar-refractivity contribution is 7.10. The molecule has 2 atom stereocenters. The van der Waals surface area contributed by atoms with E-state index in [2.05, 4.69) is 30.2 Å². The van der Waals surface area contributed by atoms with Crippen LogP contribution in [0.2, 0.25) is 0 Å². The van der Waals surface area contributed by atoms with Crippen molar-refractivity contribution in [2.75, 3.05) is 13.1 Å². The molecule has 2 heterocycles. The minimum atomic E-state index is 0.340. The molecule has 1 aliphatic rings. The summed E-state index contributed by atoms with van der Waals surface area (Å²) in [5.74, 6) is 0. The molecule has 16 heavy (non-hydrogen) atoms. The molecule has 0 aromatic carbocycles. The quantitative estimate of drug-likeness (QED) is 0.874. The molecule has 0 spiro atoms. The van der Waals surface area contributed by atoms with E-state index in [1.165, 1.54) is 24.9 Å². The summed E-state index contributed by atoms with van der Waals surface area (Å²) in [6.45, 7) is 6.73. The molecule has 1 aromatic rings. The second-order valence-corrected chi connectivity index (χ2v) is 5.77. The average Bonchev–Trinajstić information content (AvgIpc) is 2.71. The largest absolute Gasteiger partial charge is 0.327 e. The van der Waals surface area contributed by atoms with Crippen LogP contribution in [0.3, 0.4) is 0 Å². The van der Waals surface area contributed by atoms with Crippen LogP contribution >= 0.6 is 11.3 Å². The number of hydrogen-bond donors (Lipinski definition) is 1. The smallest absolute Gasteiger partial charge is 0.0331 e. The van der Waals surface area contributed by atoms with E-state index in [1.807, 2.05) is 11.3 Å². The van der Waals surface area contributed by atoms with Crippen LogP contribution in [0.1, 0.15) is 43.2 Å². The highest BCUT2D eigenvalue weighted by Crippen LogP contribution is 2.32. The molecular weight excluding hydrogens is 216 g/mol. The van der Waals surface area contributed by atoms with E-state index in [9.17, 15) is 0 Å². The molecule has 0 aliphatic carbocycles. The summed E-state index contributed by atoms with van der Waals surface area (Å²) in [7, 11) is 0. The zero-order chi connectivity index (χ0) is 11.5. The lowest BCUT2D eigenvalue weighted by Crippen LogP contribution is -2.41. The predicted molar refractivity (Wildman–Crippen MR) is 70.9 cm³/mol. The summed E-state index contributed by atoms with van der Waals surface area (Å²) in [4.78, 5) is 4.11. The number of hydrogen-bond acceptors (Lipinski definition) is 3. The SMILES string of the molecule is CCCC(N)CN1CCc2sccc2C1C. The molecule has 0 bridgehead atoms. The number of fused-ring (bicyclic) bond motifs is 1. The first kappa shape index (κ1) is 12.1. The number of nitrogens with zero attached hydrogens (tertiary/aromatic N) is 1. The molecule has 0 amide bonds. The van der Waals surface area contributed by atoms with Gasteiger partial charge in [-0.3, -0.25) is 4.90 Å². The molecule has 0 saturated carbocycles. The fourth-order valence-electron chi connectivity index (χ4n) is 2.57. The predicted octanol–water partition coefficient (Wildman–Crippen LogP) is 2.79. The van der Waals surface area contributed by atoms with Crippen LogP contribution in [-0.2, 0) is 6.42 Å². The lowest BCUT2D eigenvalue weighted by Gasteiger charge is -2.35. The van der Waals surface area contributed by atoms with Crippen molar-refractivity contribution in [3.05, 3.63) is 21.9 Å². The lowest BCUT2D eigenvalue weighted by atomic mass is 10.0. The molecule has 1 aromatic heterocycles. The van der Waals surface area contributed by atoms with Gasteiger partial charge < -0.3 is 5.73 Å². The van der Waals surface area contributed by atoms with Crippen LogP contribution in [0.5, 0.6) is 0 Å². The van der Waals surface area contributed by atoms with Crippen LogP contribution in [-0.4, -0.2) is 24.0 Å². The zero-order valence-electron chi connectivity index (χ0n) is 10.3. The van der Waals surface area contributed by atoms with Gasteiger partial charge in [0.2, 0.25) is 0 Å². The standard InChI is InChI=1S/C13H22N2S/c1-3-4-11(14)9-15-7-5-13-12(10(15)2)6-8-16-13/h6,8,10-11H,3-5,7,9,14H2,1-2H3. The van der Waals surface area contributed by atoms with Gasteiger partial charge in [0.1, 0.15) is 0 Å². The number of rotatable bonds is 4. The van der Waals surface area contributed by atoms with Crippen LogP contribution in [0.15, 0.2) is 11.4 Å². The van der Waals surface area contributed by atoms with Crippen molar-refractivity contribution in [2.24, 2.45) is 5.73 Å². The summed E-state index contributed by atoms with van der Waals surface area (Å²) in [6.07, 6.45) is 3.53. The van der Waals surface area contributed by atoms with Crippen LogP contribution in [0.4, 0.5) is 0 Å². The Morgan fingerprint density at radius 2 is 2.44 bits per heavy atom. The highest BCUT2D eigenvalue weighted by atomic mass is 32.1. The average molecular weight is 238 g/mol. The monoisotopic (exact) mass is 238 g/mol. The van der Waals surface area contributed by atoms with E-state index in [-0.39, 0.29) is 0 Å². The van der Waals surface area contributed by atoms with Gasteiger partial charge in [0.15, 0.2) is 0 Å². The molecule has 2 rings (SSSR count). The summed E-state index contributed by atoms with van der Waals surface area (Å²) in [6, 6.07) is 3.17. The summed E-state index contributed by atoms with van der Waals surface area (Å²) >= 11 is 1.90. The van der Waals surface area contributed by atoms with Gasteiger partial charge in [0.05, 0.1) is 0 Å². The van der Waals surface area contributed by atoms with Gasteiger partial charge in [-0.15, -0.1) is 11.3 Å². The topological polar surface area (TPSA) is 29.3 Å². The Morgan fingerprint density at radius 3 is 3.19 bits per heavy atom. The third-order valence-corrected chi connectivity index (χ3v) is 4.53. The van der Waals surface area contributed by atoms with Crippen molar-refractivity contribution in [2.45, 2.75) is 45.2 Å². The van der Waals surface area contributed by atoms with Crippen LogP contribution in [0.25, 0.3) is 0 Å². The third-order valence-electron chi connectivity index (χ3n) is 3.53. The Hall–Kier alpha value is -0.380. The number of thiophene rings is 1. The Bertz CT molecular complexity index is 334. The molecule has 2 unspecified atom stereocenters. The Kier molecular flexibility index (Phi) is 4.00. The number of nitrogens with two attached hydrogens (primary N) is 1. The van der Waals surface area contributed by atoms with E-state index in [0.29, 0.717) is 12.1 Å². The molecule has 0 fully saturated rings. The van der Waals surface area contributed by atoms with Gasteiger partial charge in [-0.2, -0.15) is 0 Å². The fourth-order valence-corrected chi connectivity index (χ4v) is 3.54. The maximum absolute atomic E-state index is 6.13. The van der Waals surface area contributed by atoms with Gasteiger partial charge in [-0.1, -0.05) is 13.3 Å². The first-order valence-electron chi connectivity index (χ1n) is 6.28. The third kappa shape index (κ3) is 2.47. The highest BCUT2D eigenvalue weighted by Gasteiger charge is 2.25. The van der Waals surface area contributed by atoms with Crippen molar-refractivity contribution in [3.8, 4) is 0 Å². The molecule has 2 N–H and O–H groups in total. The second-order valence-electron chi connectivity index (χ2n) is 4.77. The molecule has 1 aliphatic heterocycles. The minimum Gasteiger partial charge on any atom is -0.327 e. The van der Waals surface area contributed by atoms with Gasteiger partial charge >= 0.3 is 0 Å². The van der Waals surface area contributed by atoms with E-state index < -0.39 is 0 Å². The molecule has 2 nitrogen and oxygen atoms in total. The van der Waals surface area contributed by atoms with E-state index in [1.54, 1.807) is 4.88 Å². The van der Waals surface area contributed by atoms with Crippen LogP contribution in [0, 0.1) is 0 Å². The van der Waals surface area contributed by atoms with Gasteiger partial charge in [-0.05, 0) is 36.8 Å². The van der Waals surface area contributed by atoms with Crippen LogP contribution < -0.4 is 5.73 Å². The molecule has 3 heteroatoms. The summed E-state index contributed by atoms with van der Waals surface area (Å²) < 4.78 is 0. The normalized spacial score (nSPS) is 23.1. The van der Waals surface area contributed by atoms with E-state index in [4.69, 9.17) is 5.73 Å². The van der Waals surface area contributed by atoms with Gasteiger partial charge in [0.25, 0.3) is 0 Å². The zero-order valence-corrected chi connectivity index (χ0v) is 11.1. The van der Waals surface area contributed by atoms with E-state index in [0.717, 1.165) is 13.0 Å². The molecular formula is C13H22N2S.